The predicted octanol–water partition coefficient (Wildman–Crippen LogP) is 2.21. The van der Waals surface area contributed by atoms with Crippen molar-refractivity contribution in [3.05, 3.63) is 0 Å². The zero-order chi connectivity index (χ0) is 9.99. The van der Waals surface area contributed by atoms with Gasteiger partial charge in [-0.2, -0.15) is 0 Å². The van der Waals surface area contributed by atoms with Crippen LogP contribution < -0.4 is 0 Å². The maximum Gasteiger partial charge on any atom is 0.0824 e. The Morgan fingerprint density at radius 2 is 1.58 bits per heavy atom. The first kappa shape index (κ1) is 11.9. The number of hydrogen-bond acceptors (Lipinski definition) is 2. The van der Waals surface area contributed by atoms with Crippen LogP contribution in [0.15, 0.2) is 0 Å². The summed E-state index contributed by atoms with van der Waals surface area (Å²) in [5.74, 6) is 0.458. The molecule has 0 aliphatic heterocycles. The lowest BCUT2D eigenvalue weighted by Gasteiger charge is -2.32. The van der Waals surface area contributed by atoms with Gasteiger partial charge in [-0.3, -0.25) is 0 Å². The molecule has 0 saturated heterocycles. The Balaban J connectivity index is 3.93. The molecular formula is C10H22O2. The Hall–Kier alpha value is -0.0800. The molecule has 0 fully saturated rings. The molecule has 0 rings (SSSR count). The van der Waals surface area contributed by atoms with Crippen molar-refractivity contribution in [2.24, 2.45) is 5.92 Å². The lowest BCUT2D eigenvalue weighted by molar-refractivity contribution is -0.110. The van der Waals surface area contributed by atoms with E-state index in [1.807, 2.05) is 13.8 Å². The molecule has 0 aromatic rings. The summed E-state index contributed by atoms with van der Waals surface area (Å²) >= 11 is 0. The molecule has 74 valence electrons. The third kappa shape index (κ3) is 4.73. The molecule has 2 heteroatoms. The molecule has 0 heterocycles. The van der Waals surface area contributed by atoms with Gasteiger partial charge in [0, 0.05) is 0 Å². The van der Waals surface area contributed by atoms with Crippen molar-refractivity contribution < 1.29 is 9.84 Å². The van der Waals surface area contributed by atoms with Crippen molar-refractivity contribution in [2.75, 3.05) is 6.61 Å². The van der Waals surface area contributed by atoms with E-state index in [9.17, 15) is 5.11 Å². The second-order valence-corrected chi connectivity index (χ2v) is 4.86. The van der Waals surface area contributed by atoms with Gasteiger partial charge in [-0.25, -0.2) is 0 Å². The van der Waals surface area contributed by atoms with Crippen molar-refractivity contribution >= 4 is 0 Å². The summed E-state index contributed by atoms with van der Waals surface area (Å²) in [6.07, 6.45) is 0. The summed E-state index contributed by atoms with van der Waals surface area (Å²) in [5.41, 5.74) is -0.883. The number of ether oxygens (including phenoxy) is 1. The van der Waals surface area contributed by atoms with Crippen LogP contribution in [0, 0.1) is 5.92 Å². The largest absolute Gasteiger partial charge is 0.388 e. The third-order valence-corrected chi connectivity index (χ3v) is 2.19. The summed E-state index contributed by atoms with van der Waals surface area (Å²) in [5, 5.41) is 9.44. The van der Waals surface area contributed by atoms with E-state index in [4.69, 9.17) is 4.74 Å². The van der Waals surface area contributed by atoms with Crippen LogP contribution in [0.2, 0.25) is 0 Å². The van der Waals surface area contributed by atoms with Crippen molar-refractivity contribution in [2.45, 2.75) is 52.7 Å². The Morgan fingerprint density at radius 3 is 1.83 bits per heavy atom. The Bertz CT molecular complexity index is 131. The van der Waals surface area contributed by atoms with Gasteiger partial charge in [-0.1, -0.05) is 13.8 Å². The fourth-order valence-electron chi connectivity index (χ4n) is 0.529. The predicted molar refractivity (Wildman–Crippen MR) is 51.2 cm³/mol. The molecule has 0 aromatic carbocycles. The zero-order valence-electron chi connectivity index (χ0n) is 9.14. The van der Waals surface area contributed by atoms with E-state index >= 15 is 0 Å². The van der Waals surface area contributed by atoms with E-state index in [1.54, 1.807) is 13.8 Å². The highest BCUT2D eigenvalue weighted by atomic mass is 16.5. The smallest absolute Gasteiger partial charge is 0.0824 e. The van der Waals surface area contributed by atoms with Gasteiger partial charge in [0.15, 0.2) is 0 Å². The SMILES string of the molecule is CC(C)C(C)(C)OCC(C)(C)O. The number of aliphatic hydroxyl groups is 1. The summed E-state index contributed by atoms with van der Waals surface area (Å²) in [4.78, 5) is 0. The number of hydrogen-bond donors (Lipinski definition) is 1. The van der Waals surface area contributed by atoms with Gasteiger partial charge in [0.1, 0.15) is 0 Å². The van der Waals surface area contributed by atoms with Crippen LogP contribution in [0.25, 0.3) is 0 Å². The topological polar surface area (TPSA) is 29.5 Å². The van der Waals surface area contributed by atoms with Crippen LogP contribution in [-0.2, 0) is 4.74 Å². The minimum Gasteiger partial charge on any atom is -0.388 e. The summed E-state index contributed by atoms with van der Waals surface area (Å²) < 4.78 is 5.61. The Morgan fingerprint density at radius 1 is 1.17 bits per heavy atom. The number of rotatable bonds is 4. The second kappa shape index (κ2) is 3.75. The molecule has 0 atom stereocenters. The fourth-order valence-corrected chi connectivity index (χ4v) is 0.529. The first-order valence-electron chi connectivity index (χ1n) is 4.51. The highest BCUT2D eigenvalue weighted by Crippen LogP contribution is 2.21. The van der Waals surface area contributed by atoms with Crippen molar-refractivity contribution in [3.63, 3.8) is 0 Å². The molecule has 2 nitrogen and oxygen atoms in total. The maximum atomic E-state index is 9.44. The van der Waals surface area contributed by atoms with E-state index in [0.29, 0.717) is 12.5 Å². The highest BCUT2D eigenvalue weighted by molar-refractivity contribution is 4.75. The van der Waals surface area contributed by atoms with Crippen LogP contribution in [0.3, 0.4) is 0 Å². The average molecular weight is 174 g/mol. The van der Waals surface area contributed by atoms with Gasteiger partial charge < -0.3 is 9.84 Å². The van der Waals surface area contributed by atoms with E-state index in [1.165, 1.54) is 0 Å². The lowest BCUT2D eigenvalue weighted by Crippen LogP contribution is -2.37. The van der Waals surface area contributed by atoms with Gasteiger partial charge in [0.2, 0.25) is 0 Å². The van der Waals surface area contributed by atoms with Crippen molar-refractivity contribution in [1.29, 1.82) is 0 Å². The lowest BCUT2D eigenvalue weighted by atomic mass is 9.94. The van der Waals surface area contributed by atoms with Gasteiger partial charge in [0.25, 0.3) is 0 Å². The van der Waals surface area contributed by atoms with E-state index < -0.39 is 5.60 Å². The molecule has 1 N–H and O–H groups in total. The fraction of sp³-hybridized carbons (Fsp3) is 1.00. The van der Waals surface area contributed by atoms with Crippen LogP contribution in [0.4, 0.5) is 0 Å². The van der Waals surface area contributed by atoms with E-state index in [-0.39, 0.29) is 5.60 Å². The molecule has 0 amide bonds. The van der Waals surface area contributed by atoms with Crippen LogP contribution >= 0.6 is 0 Å². The Labute approximate surface area is 75.9 Å². The molecule has 0 spiro atoms. The average Bonchev–Trinajstić information content (AvgIpc) is 1.82. The molecule has 0 saturated carbocycles. The van der Waals surface area contributed by atoms with Gasteiger partial charge in [-0.05, 0) is 33.6 Å². The first-order chi connectivity index (χ1) is 5.15. The van der Waals surface area contributed by atoms with Crippen LogP contribution in [0.1, 0.15) is 41.5 Å². The molecule has 0 aromatic heterocycles. The van der Waals surface area contributed by atoms with Gasteiger partial charge >= 0.3 is 0 Å². The summed E-state index contributed by atoms with van der Waals surface area (Å²) in [6.45, 7) is 12.2. The van der Waals surface area contributed by atoms with Crippen molar-refractivity contribution in [3.8, 4) is 0 Å². The minimum atomic E-state index is -0.730. The molecule has 0 bridgehead atoms. The van der Waals surface area contributed by atoms with Gasteiger partial charge in [-0.15, -0.1) is 0 Å². The van der Waals surface area contributed by atoms with Crippen molar-refractivity contribution in [1.82, 2.24) is 0 Å². The summed E-state index contributed by atoms with van der Waals surface area (Å²) in [6, 6.07) is 0. The van der Waals surface area contributed by atoms with E-state index in [0.717, 1.165) is 0 Å². The minimum absolute atomic E-state index is 0.153. The molecule has 12 heavy (non-hydrogen) atoms. The second-order valence-electron chi connectivity index (χ2n) is 4.86. The quantitative estimate of drug-likeness (QED) is 0.708. The molecular weight excluding hydrogens is 152 g/mol. The molecule has 0 aliphatic rings. The third-order valence-electron chi connectivity index (χ3n) is 2.19. The molecule has 0 radical (unpaired) electrons. The maximum absolute atomic E-state index is 9.44. The highest BCUT2D eigenvalue weighted by Gasteiger charge is 2.25. The van der Waals surface area contributed by atoms with Crippen LogP contribution in [-0.4, -0.2) is 22.9 Å². The van der Waals surface area contributed by atoms with E-state index in [2.05, 4.69) is 13.8 Å². The monoisotopic (exact) mass is 174 g/mol. The first-order valence-corrected chi connectivity index (χ1v) is 4.51. The zero-order valence-corrected chi connectivity index (χ0v) is 9.14. The standard InChI is InChI=1S/C10H22O2/c1-8(2)10(5,6)12-7-9(3,4)11/h8,11H,7H2,1-6H3. The molecule has 0 unspecified atom stereocenters. The van der Waals surface area contributed by atoms with Gasteiger partial charge in [0.05, 0.1) is 17.8 Å². The normalized spacial score (nSPS) is 14.0. The van der Waals surface area contributed by atoms with Crippen LogP contribution in [0.5, 0.6) is 0 Å². The molecule has 0 aliphatic carbocycles. The summed E-state index contributed by atoms with van der Waals surface area (Å²) in [7, 11) is 0. The Kier molecular flexibility index (Phi) is 3.73.